The van der Waals surface area contributed by atoms with Gasteiger partial charge in [0.25, 0.3) is 0 Å². The summed E-state index contributed by atoms with van der Waals surface area (Å²) in [7, 11) is -3.38. The number of aryl methyl sites for hydroxylation is 1. The van der Waals surface area contributed by atoms with E-state index >= 15 is 0 Å². The number of hydrogen-bond acceptors (Lipinski definition) is 4. The SMILES string of the molecule is Cc1ccc(S(=O)(=O)C[C@@H]2[C@@H](C)OC(C)(C)OC2(C)C)cc1. The summed E-state index contributed by atoms with van der Waals surface area (Å²) < 4.78 is 37.2. The van der Waals surface area contributed by atoms with Crippen molar-refractivity contribution < 1.29 is 17.9 Å². The van der Waals surface area contributed by atoms with Crippen molar-refractivity contribution in [3.63, 3.8) is 0 Å². The molecule has 0 aliphatic carbocycles. The molecule has 4 nitrogen and oxygen atoms in total. The molecule has 5 heteroatoms. The molecule has 0 unspecified atom stereocenters. The predicted molar refractivity (Wildman–Crippen MR) is 86.5 cm³/mol. The van der Waals surface area contributed by atoms with Crippen LogP contribution in [0.15, 0.2) is 29.2 Å². The fraction of sp³-hybridized carbons (Fsp3) is 0.647. The fourth-order valence-electron chi connectivity index (χ4n) is 3.24. The summed E-state index contributed by atoms with van der Waals surface area (Å²) in [4.78, 5) is 0.353. The van der Waals surface area contributed by atoms with Crippen molar-refractivity contribution in [3.8, 4) is 0 Å². The van der Waals surface area contributed by atoms with Gasteiger partial charge in [-0.3, -0.25) is 0 Å². The molecule has 1 fully saturated rings. The van der Waals surface area contributed by atoms with Crippen molar-refractivity contribution in [1.82, 2.24) is 0 Å². The molecule has 0 aromatic heterocycles. The Morgan fingerprint density at radius 1 is 1.09 bits per heavy atom. The highest BCUT2D eigenvalue weighted by Crippen LogP contribution is 2.39. The van der Waals surface area contributed by atoms with Gasteiger partial charge in [0.05, 0.1) is 22.4 Å². The summed E-state index contributed by atoms with van der Waals surface area (Å²) in [5.74, 6) is -0.917. The molecule has 1 aromatic rings. The Balaban J connectivity index is 2.27. The van der Waals surface area contributed by atoms with Crippen molar-refractivity contribution in [2.75, 3.05) is 5.75 Å². The van der Waals surface area contributed by atoms with E-state index in [1.54, 1.807) is 12.1 Å². The molecule has 0 N–H and O–H groups in total. The average molecular weight is 326 g/mol. The highest BCUT2D eigenvalue weighted by atomic mass is 32.2. The Bertz CT molecular complexity index is 629. The first-order valence-corrected chi connectivity index (χ1v) is 9.26. The smallest absolute Gasteiger partial charge is 0.178 e. The number of sulfone groups is 1. The Hall–Kier alpha value is -0.910. The van der Waals surface area contributed by atoms with Crippen LogP contribution in [0.3, 0.4) is 0 Å². The zero-order valence-corrected chi connectivity index (χ0v) is 15.0. The van der Waals surface area contributed by atoms with Gasteiger partial charge >= 0.3 is 0 Å². The molecule has 0 spiro atoms. The van der Waals surface area contributed by atoms with Gasteiger partial charge in [0.1, 0.15) is 0 Å². The summed E-state index contributed by atoms with van der Waals surface area (Å²) in [5.41, 5.74) is 0.470. The van der Waals surface area contributed by atoms with E-state index in [-0.39, 0.29) is 17.8 Å². The third-order valence-electron chi connectivity index (χ3n) is 4.22. The molecule has 1 aliphatic rings. The minimum atomic E-state index is -3.38. The van der Waals surface area contributed by atoms with E-state index in [1.807, 2.05) is 53.7 Å². The maximum atomic E-state index is 12.7. The van der Waals surface area contributed by atoms with Crippen LogP contribution in [-0.4, -0.2) is 31.7 Å². The molecule has 22 heavy (non-hydrogen) atoms. The van der Waals surface area contributed by atoms with E-state index in [0.717, 1.165) is 5.56 Å². The standard InChI is InChI=1S/C17H26O4S/c1-12-7-9-14(10-8-12)22(18,19)11-15-13(2)20-17(5,6)21-16(15,3)4/h7-10,13,15H,11H2,1-6H3/t13-,15-/m1/s1. The first-order valence-electron chi connectivity index (χ1n) is 7.60. The lowest BCUT2D eigenvalue weighted by Gasteiger charge is -2.49. The predicted octanol–water partition coefficient (Wildman–Crippen LogP) is 3.33. The van der Waals surface area contributed by atoms with Crippen LogP contribution in [0.2, 0.25) is 0 Å². The highest BCUT2D eigenvalue weighted by Gasteiger charge is 2.48. The van der Waals surface area contributed by atoms with Crippen LogP contribution < -0.4 is 0 Å². The number of hydrogen-bond donors (Lipinski definition) is 0. The first-order chi connectivity index (χ1) is 9.93. The van der Waals surface area contributed by atoms with Gasteiger partial charge in [0, 0.05) is 5.92 Å². The Labute approximate surface area is 133 Å². The van der Waals surface area contributed by atoms with Gasteiger partial charge in [-0.1, -0.05) is 17.7 Å². The van der Waals surface area contributed by atoms with Gasteiger partial charge < -0.3 is 9.47 Å². The van der Waals surface area contributed by atoms with Gasteiger partial charge in [-0.05, 0) is 53.7 Å². The zero-order valence-electron chi connectivity index (χ0n) is 14.2. The van der Waals surface area contributed by atoms with E-state index < -0.39 is 21.2 Å². The second-order valence-corrected chi connectivity index (χ2v) is 9.16. The third-order valence-corrected chi connectivity index (χ3v) is 6.01. The molecule has 0 saturated carbocycles. The van der Waals surface area contributed by atoms with E-state index in [4.69, 9.17) is 9.47 Å². The monoisotopic (exact) mass is 326 g/mol. The van der Waals surface area contributed by atoms with Crippen LogP contribution in [0.4, 0.5) is 0 Å². The van der Waals surface area contributed by atoms with Crippen molar-refractivity contribution in [2.24, 2.45) is 5.92 Å². The van der Waals surface area contributed by atoms with Crippen LogP contribution in [0.25, 0.3) is 0 Å². The summed E-state index contributed by atoms with van der Waals surface area (Å²) in [5, 5.41) is 0. The molecule has 1 aromatic carbocycles. The number of benzene rings is 1. The van der Waals surface area contributed by atoms with E-state index in [1.165, 1.54) is 0 Å². The minimum Gasteiger partial charge on any atom is -0.347 e. The molecular weight excluding hydrogens is 300 g/mol. The quantitative estimate of drug-likeness (QED) is 0.855. The van der Waals surface area contributed by atoms with Crippen LogP contribution in [0.5, 0.6) is 0 Å². The highest BCUT2D eigenvalue weighted by molar-refractivity contribution is 7.91. The summed E-state index contributed by atoms with van der Waals surface area (Å²) >= 11 is 0. The average Bonchev–Trinajstić information content (AvgIpc) is 2.32. The number of ether oxygens (including phenoxy) is 2. The molecule has 0 bridgehead atoms. The Morgan fingerprint density at radius 3 is 2.14 bits per heavy atom. The first kappa shape index (κ1) is 17.4. The molecule has 1 aliphatic heterocycles. The van der Waals surface area contributed by atoms with Crippen LogP contribution in [-0.2, 0) is 19.3 Å². The maximum absolute atomic E-state index is 12.7. The molecule has 0 amide bonds. The lowest BCUT2D eigenvalue weighted by molar-refractivity contribution is -0.341. The van der Waals surface area contributed by atoms with Crippen LogP contribution in [0.1, 0.15) is 40.2 Å². The molecule has 124 valence electrons. The van der Waals surface area contributed by atoms with Crippen LogP contribution in [0, 0.1) is 12.8 Å². The van der Waals surface area contributed by atoms with Crippen molar-refractivity contribution in [1.29, 1.82) is 0 Å². The van der Waals surface area contributed by atoms with Crippen LogP contribution >= 0.6 is 0 Å². The molecular formula is C17H26O4S. The van der Waals surface area contributed by atoms with Gasteiger partial charge in [-0.25, -0.2) is 8.42 Å². The molecule has 1 heterocycles. The fourth-order valence-corrected chi connectivity index (χ4v) is 5.13. The van der Waals surface area contributed by atoms with Gasteiger partial charge in [-0.15, -0.1) is 0 Å². The summed E-state index contributed by atoms with van der Waals surface area (Å²) in [6, 6.07) is 6.96. The van der Waals surface area contributed by atoms with E-state index in [9.17, 15) is 8.42 Å². The van der Waals surface area contributed by atoms with Crippen molar-refractivity contribution in [3.05, 3.63) is 29.8 Å². The van der Waals surface area contributed by atoms with Gasteiger partial charge in [0.15, 0.2) is 15.6 Å². The molecule has 2 atom stereocenters. The third kappa shape index (κ3) is 3.70. The van der Waals surface area contributed by atoms with Crippen molar-refractivity contribution >= 4 is 9.84 Å². The second-order valence-electron chi connectivity index (χ2n) is 7.13. The van der Waals surface area contributed by atoms with Gasteiger partial charge in [0.2, 0.25) is 0 Å². The molecule has 2 rings (SSSR count). The van der Waals surface area contributed by atoms with E-state index in [0.29, 0.717) is 4.90 Å². The second kappa shape index (κ2) is 5.62. The lowest BCUT2D eigenvalue weighted by Crippen LogP contribution is -2.57. The largest absolute Gasteiger partial charge is 0.347 e. The molecule has 0 radical (unpaired) electrons. The summed E-state index contributed by atoms with van der Waals surface area (Å²) in [6.45, 7) is 11.4. The topological polar surface area (TPSA) is 52.6 Å². The lowest BCUT2D eigenvalue weighted by atomic mass is 9.86. The Morgan fingerprint density at radius 2 is 1.64 bits per heavy atom. The van der Waals surface area contributed by atoms with E-state index in [2.05, 4.69) is 0 Å². The molecule has 1 saturated heterocycles. The number of rotatable bonds is 3. The summed E-state index contributed by atoms with van der Waals surface area (Å²) in [6.07, 6.45) is -0.195. The minimum absolute atomic E-state index is 0.0142. The Kier molecular flexibility index (Phi) is 4.46. The maximum Gasteiger partial charge on any atom is 0.178 e. The van der Waals surface area contributed by atoms with Crippen molar-refractivity contribution in [2.45, 2.75) is 63.9 Å². The zero-order chi connectivity index (χ0) is 16.8. The normalized spacial score (nSPS) is 27.5. The van der Waals surface area contributed by atoms with Gasteiger partial charge in [-0.2, -0.15) is 0 Å².